The van der Waals surface area contributed by atoms with Crippen LogP contribution in [0.2, 0.25) is 0 Å². The molecule has 0 fully saturated rings. The SMILES string of the molecule is [C-]#[N+]c1ccccc1-c1nc(-c2ccc(-c3cccc(-c4nc(-c5ccccc5)nc(-c5ccccc5)n4)c3)cc2)nc(-c2ccc3ccccc3c2)n1. The van der Waals surface area contributed by atoms with Gasteiger partial charge in [0.05, 0.1) is 6.57 Å². The van der Waals surface area contributed by atoms with E-state index in [0.717, 1.165) is 49.7 Å². The molecule has 0 unspecified atom stereocenters. The Morgan fingerprint density at radius 3 is 1.35 bits per heavy atom. The molecule has 2 heterocycles. The highest BCUT2D eigenvalue weighted by atomic mass is 15.0. The summed E-state index contributed by atoms with van der Waals surface area (Å²) >= 11 is 0. The molecule has 0 aliphatic heterocycles. The summed E-state index contributed by atoms with van der Waals surface area (Å²) in [7, 11) is 0. The number of para-hydroxylation sites is 1. The lowest BCUT2D eigenvalue weighted by molar-refractivity contribution is 1.07. The summed E-state index contributed by atoms with van der Waals surface area (Å²) in [5, 5.41) is 2.23. The summed E-state index contributed by atoms with van der Waals surface area (Å²) in [5.41, 5.74) is 7.62. The van der Waals surface area contributed by atoms with Gasteiger partial charge in [0.25, 0.3) is 0 Å². The van der Waals surface area contributed by atoms with Gasteiger partial charge in [-0.1, -0.05) is 164 Å². The minimum Gasteiger partial charge on any atom is -0.237 e. The normalized spacial score (nSPS) is 10.9. The molecular weight excluding hydrogens is 663 g/mol. The molecule has 7 heteroatoms. The van der Waals surface area contributed by atoms with E-state index in [1.165, 1.54) is 0 Å². The van der Waals surface area contributed by atoms with Gasteiger partial charge in [0, 0.05) is 33.4 Å². The number of fused-ring (bicyclic) bond motifs is 1. The minimum atomic E-state index is 0.452. The fraction of sp³-hybridized carbons (Fsp3) is 0. The summed E-state index contributed by atoms with van der Waals surface area (Å²) in [6.45, 7) is 7.78. The molecule has 0 radical (unpaired) electrons. The molecule has 0 bridgehead atoms. The maximum absolute atomic E-state index is 7.78. The fourth-order valence-corrected chi connectivity index (χ4v) is 6.43. The zero-order valence-electron chi connectivity index (χ0n) is 28.9. The average molecular weight is 692 g/mol. The van der Waals surface area contributed by atoms with Crippen molar-refractivity contribution in [3.05, 3.63) is 187 Å². The molecule has 0 aliphatic rings. The number of hydrogen-bond acceptors (Lipinski definition) is 6. The summed E-state index contributed by atoms with van der Waals surface area (Å²) in [5.74, 6) is 3.35. The van der Waals surface area contributed by atoms with Crippen molar-refractivity contribution in [3.8, 4) is 79.5 Å². The van der Waals surface area contributed by atoms with Gasteiger partial charge in [-0.3, -0.25) is 0 Å². The highest BCUT2D eigenvalue weighted by molar-refractivity contribution is 5.87. The van der Waals surface area contributed by atoms with Gasteiger partial charge in [-0.25, -0.2) is 34.7 Å². The third kappa shape index (κ3) is 6.47. The molecule has 9 aromatic rings. The van der Waals surface area contributed by atoms with Crippen molar-refractivity contribution in [2.45, 2.75) is 0 Å². The monoisotopic (exact) mass is 691 g/mol. The fourth-order valence-electron chi connectivity index (χ4n) is 6.43. The van der Waals surface area contributed by atoms with E-state index in [9.17, 15) is 0 Å². The molecule has 252 valence electrons. The standard InChI is InChI=1S/C47H29N7/c1-48-41-22-11-10-21-40(41)47-53-44(52-46(54-47)39-28-25-31-13-8-9-18-36(31)30-39)35-26-23-32(24-27-35)37-19-12-20-38(29-37)45-50-42(33-14-4-2-5-15-33)49-43(51-45)34-16-6-3-7-17-34/h2-30H. The minimum absolute atomic E-state index is 0.452. The van der Waals surface area contributed by atoms with Crippen molar-refractivity contribution < 1.29 is 0 Å². The van der Waals surface area contributed by atoms with Gasteiger partial charge in [0.15, 0.2) is 40.6 Å². The summed E-state index contributed by atoms with van der Waals surface area (Å²) < 4.78 is 0. The number of nitrogens with zero attached hydrogens (tertiary/aromatic N) is 7. The quantitative estimate of drug-likeness (QED) is 0.155. The predicted octanol–water partition coefficient (Wildman–Crippen LogP) is 11.4. The van der Waals surface area contributed by atoms with Crippen LogP contribution in [-0.4, -0.2) is 29.9 Å². The number of aromatic nitrogens is 6. The van der Waals surface area contributed by atoms with Crippen molar-refractivity contribution in [1.82, 2.24) is 29.9 Å². The van der Waals surface area contributed by atoms with E-state index in [4.69, 9.17) is 36.5 Å². The molecule has 9 rings (SSSR count). The molecule has 0 atom stereocenters. The average Bonchev–Trinajstić information content (AvgIpc) is 3.26. The molecule has 0 amide bonds. The van der Waals surface area contributed by atoms with Gasteiger partial charge in [-0.15, -0.1) is 0 Å². The molecule has 7 nitrogen and oxygen atoms in total. The Hall–Kier alpha value is -7.69. The Balaban J connectivity index is 1.10. The van der Waals surface area contributed by atoms with Gasteiger partial charge < -0.3 is 0 Å². The first kappa shape index (κ1) is 32.2. The second-order valence-corrected chi connectivity index (χ2v) is 12.7. The third-order valence-corrected chi connectivity index (χ3v) is 9.21. The zero-order valence-corrected chi connectivity index (χ0v) is 28.9. The van der Waals surface area contributed by atoms with E-state index >= 15 is 0 Å². The van der Waals surface area contributed by atoms with Crippen molar-refractivity contribution in [1.29, 1.82) is 0 Å². The van der Waals surface area contributed by atoms with Crippen molar-refractivity contribution in [2.75, 3.05) is 0 Å². The lowest BCUT2D eigenvalue weighted by Gasteiger charge is -2.11. The maximum Gasteiger partial charge on any atom is 0.198 e. The van der Waals surface area contributed by atoms with Crippen molar-refractivity contribution >= 4 is 16.5 Å². The van der Waals surface area contributed by atoms with E-state index in [0.29, 0.717) is 46.2 Å². The van der Waals surface area contributed by atoms with Crippen LogP contribution >= 0.6 is 0 Å². The number of hydrogen-bond donors (Lipinski definition) is 0. The van der Waals surface area contributed by atoms with Crippen LogP contribution in [0.25, 0.3) is 95.1 Å². The molecular formula is C47H29N7. The first-order chi connectivity index (χ1) is 26.7. The third-order valence-electron chi connectivity index (χ3n) is 9.21. The summed E-state index contributed by atoms with van der Waals surface area (Å²) in [4.78, 5) is 33.2. The van der Waals surface area contributed by atoms with Gasteiger partial charge >= 0.3 is 0 Å². The van der Waals surface area contributed by atoms with Crippen LogP contribution in [0.1, 0.15) is 0 Å². The lowest BCUT2D eigenvalue weighted by Crippen LogP contribution is -2.00. The van der Waals surface area contributed by atoms with Crippen LogP contribution in [0.5, 0.6) is 0 Å². The number of rotatable bonds is 7. The van der Waals surface area contributed by atoms with E-state index in [-0.39, 0.29) is 0 Å². The second-order valence-electron chi connectivity index (χ2n) is 12.7. The Kier molecular flexibility index (Phi) is 8.44. The molecule has 0 aliphatic carbocycles. The Bertz CT molecular complexity index is 2770. The van der Waals surface area contributed by atoms with Crippen LogP contribution in [0, 0.1) is 6.57 Å². The van der Waals surface area contributed by atoms with E-state index in [1.807, 2.05) is 121 Å². The summed E-state index contributed by atoms with van der Waals surface area (Å²) in [6, 6.07) is 58.2. The van der Waals surface area contributed by atoms with Crippen LogP contribution in [0.15, 0.2) is 176 Å². The van der Waals surface area contributed by atoms with E-state index in [1.54, 1.807) is 6.07 Å². The van der Waals surface area contributed by atoms with Crippen LogP contribution in [-0.2, 0) is 0 Å². The molecule has 2 aromatic heterocycles. The van der Waals surface area contributed by atoms with Crippen LogP contribution in [0.4, 0.5) is 5.69 Å². The topological polar surface area (TPSA) is 81.7 Å². The zero-order chi connectivity index (χ0) is 36.3. The van der Waals surface area contributed by atoms with Crippen molar-refractivity contribution in [2.24, 2.45) is 0 Å². The highest BCUT2D eigenvalue weighted by Crippen LogP contribution is 2.33. The van der Waals surface area contributed by atoms with Crippen LogP contribution < -0.4 is 0 Å². The highest BCUT2D eigenvalue weighted by Gasteiger charge is 2.16. The molecule has 0 N–H and O–H groups in total. The Morgan fingerprint density at radius 1 is 0.296 bits per heavy atom. The van der Waals surface area contributed by atoms with E-state index in [2.05, 4.69) is 53.4 Å². The largest absolute Gasteiger partial charge is 0.237 e. The van der Waals surface area contributed by atoms with E-state index < -0.39 is 0 Å². The first-order valence-corrected chi connectivity index (χ1v) is 17.5. The maximum atomic E-state index is 7.78. The molecule has 0 spiro atoms. The van der Waals surface area contributed by atoms with Crippen LogP contribution in [0.3, 0.4) is 0 Å². The van der Waals surface area contributed by atoms with Gasteiger partial charge in [-0.2, -0.15) is 0 Å². The van der Waals surface area contributed by atoms with Gasteiger partial charge in [0.2, 0.25) is 0 Å². The van der Waals surface area contributed by atoms with Gasteiger partial charge in [-0.05, 0) is 34.0 Å². The molecule has 0 saturated heterocycles. The smallest absolute Gasteiger partial charge is 0.198 e. The Morgan fingerprint density at radius 2 is 0.722 bits per heavy atom. The molecule has 54 heavy (non-hydrogen) atoms. The molecule has 7 aromatic carbocycles. The number of benzene rings is 7. The van der Waals surface area contributed by atoms with Gasteiger partial charge in [0.1, 0.15) is 0 Å². The Labute approximate surface area is 312 Å². The predicted molar refractivity (Wildman–Crippen MR) is 215 cm³/mol. The lowest BCUT2D eigenvalue weighted by atomic mass is 10.0. The molecule has 0 saturated carbocycles. The van der Waals surface area contributed by atoms with Crippen molar-refractivity contribution in [3.63, 3.8) is 0 Å². The second kappa shape index (κ2) is 14.1. The summed E-state index contributed by atoms with van der Waals surface area (Å²) in [6.07, 6.45) is 0. The first-order valence-electron chi connectivity index (χ1n) is 17.5.